The molecule has 0 radical (unpaired) electrons. The molecule has 0 N–H and O–H groups in total. The van der Waals surface area contributed by atoms with Crippen LogP contribution in [0.15, 0.2) is 23.1 Å². The highest BCUT2D eigenvalue weighted by molar-refractivity contribution is 7.80. The van der Waals surface area contributed by atoms with Gasteiger partial charge in [0.15, 0.2) is 0 Å². The number of rotatable bonds is 2. The zero-order valence-corrected chi connectivity index (χ0v) is 13.1. The van der Waals surface area contributed by atoms with Crippen molar-refractivity contribution in [2.75, 3.05) is 7.05 Å². The highest BCUT2D eigenvalue weighted by Gasteiger charge is 2.28. The zero-order valence-electron chi connectivity index (χ0n) is 11.5. The number of amides is 1. The van der Waals surface area contributed by atoms with E-state index in [0.717, 1.165) is 4.90 Å². The molecule has 1 amide bonds. The van der Waals surface area contributed by atoms with Gasteiger partial charge in [0, 0.05) is 18.0 Å². The van der Waals surface area contributed by atoms with Crippen molar-refractivity contribution in [2.45, 2.75) is 38.6 Å². The minimum Gasteiger partial charge on any atom is -0.338 e. The Bertz CT molecular complexity index is 454. The van der Waals surface area contributed by atoms with Crippen LogP contribution in [0.5, 0.6) is 0 Å². The summed E-state index contributed by atoms with van der Waals surface area (Å²) in [6.45, 7) is 8.37. The van der Waals surface area contributed by atoms with Crippen LogP contribution in [-0.4, -0.2) is 23.9 Å². The SMILES string of the molecule is CC(N(C)C(=O)c1cc(S)ccc1Cl)C(C)(C)C. The van der Waals surface area contributed by atoms with Gasteiger partial charge in [0.25, 0.3) is 5.91 Å². The van der Waals surface area contributed by atoms with Crippen molar-refractivity contribution in [1.82, 2.24) is 4.90 Å². The lowest BCUT2D eigenvalue weighted by molar-refractivity contribution is 0.0629. The maximum Gasteiger partial charge on any atom is 0.255 e. The third-order valence-electron chi connectivity index (χ3n) is 3.33. The second-order valence-corrected chi connectivity index (χ2v) is 6.55. The molecule has 0 fully saturated rings. The summed E-state index contributed by atoms with van der Waals surface area (Å²) in [4.78, 5) is 14.9. The number of nitrogens with zero attached hydrogens (tertiary/aromatic N) is 1. The lowest BCUT2D eigenvalue weighted by atomic mass is 9.87. The first-order valence-corrected chi connectivity index (χ1v) is 6.72. The molecule has 0 heterocycles. The van der Waals surface area contributed by atoms with Gasteiger partial charge in [-0.2, -0.15) is 0 Å². The van der Waals surface area contributed by atoms with E-state index < -0.39 is 0 Å². The van der Waals surface area contributed by atoms with Crippen molar-refractivity contribution in [3.8, 4) is 0 Å². The quantitative estimate of drug-likeness (QED) is 0.810. The van der Waals surface area contributed by atoms with E-state index in [1.165, 1.54) is 0 Å². The Labute approximate surface area is 120 Å². The number of hydrogen-bond donors (Lipinski definition) is 1. The van der Waals surface area contributed by atoms with E-state index in [2.05, 4.69) is 33.4 Å². The van der Waals surface area contributed by atoms with E-state index in [1.54, 1.807) is 30.1 Å². The van der Waals surface area contributed by atoms with Gasteiger partial charge in [-0.05, 0) is 30.5 Å². The van der Waals surface area contributed by atoms with Crippen LogP contribution in [0.25, 0.3) is 0 Å². The van der Waals surface area contributed by atoms with E-state index in [9.17, 15) is 4.79 Å². The van der Waals surface area contributed by atoms with Crippen LogP contribution < -0.4 is 0 Å². The van der Waals surface area contributed by atoms with Crippen molar-refractivity contribution >= 4 is 30.1 Å². The molecule has 1 aromatic carbocycles. The van der Waals surface area contributed by atoms with Gasteiger partial charge in [0.2, 0.25) is 0 Å². The normalized spacial score (nSPS) is 13.3. The fraction of sp³-hybridized carbons (Fsp3) is 0.500. The van der Waals surface area contributed by atoms with Crippen LogP contribution in [0.1, 0.15) is 38.1 Å². The molecule has 2 nitrogen and oxygen atoms in total. The average molecular weight is 286 g/mol. The van der Waals surface area contributed by atoms with E-state index in [4.69, 9.17) is 11.6 Å². The lowest BCUT2D eigenvalue weighted by Crippen LogP contribution is -2.43. The van der Waals surface area contributed by atoms with Crippen molar-refractivity contribution < 1.29 is 4.79 Å². The maximum absolute atomic E-state index is 12.4. The Morgan fingerprint density at radius 1 is 1.39 bits per heavy atom. The van der Waals surface area contributed by atoms with Crippen molar-refractivity contribution in [1.29, 1.82) is 0 Å². The molecule has 4 heteroatoms. The van der Waals surface area contributed by atoms with Gasteiger partial charge < -0.3 is 4.90 Å². The van der Waals surface area contributed by atoms with Crippen LogP contribution in [-0.2, 0) is 0 Å². The summed E-state index contributed by atoms with van der Waals surface area (Å²) >= 11 is 10.3. The summed E-state index contributed by atoms with van der Waals surface area (Å²) < 4.78 is 0. The minimum absolute atomic E-state index is 0.0233. The molecule has 100 valence electrons. The molecule has 0 aliphatic carbocycles. The van der Waals surface area contributed by atoms with E-state index in [0.29, 0.717) is 10.6 Å². The second kappa shape index (κ2) is 5.54. The Hall–Kier alpha value is -0.670. The first-order valence-electron chi connectivity index (χ1n) is 5.90. The third kappa shape index (κ3) is 3.42. The summed E-state index contributed by atoms with van der Waals surface area (Å²) in [5, 5.41) is 0.464. The van der Waals surface area contributed by atoms with Crippen molar-refractivity contribution in [3.63, 3.8) is 0 Å². The molecule has 0 spiro atoms. The number of hydrogen-bond acceptors (Lipinski definition) is 2. The van der Waals surface area contributed by atoms with Gasteiger partial charge in [-0.25, -0.2) is 0 Å². The summed E-state index contributed by atoms with van der Waals surface area (Å²) in [7, 11) is 1.81. The molecule has 1 aromatic rings. The molecule has 0 aromatic heterocycles. The van der Waals surface area contributed by atoms with Gasteiger partial charge in [0.05, 0.1) is 10.6 Å². The highest BCUT2D eigenvalue weighted by atomic mass is 35.5. The number of benzene rings is 1. The zero-order chi connectivity index (χ0) is 14.1. The molecule has 0 saturated carbocycles. The van der Waals surface area contributed by atoms with Gasteiger partial charge in [-0.15, -0.1) is 12.6 Å². The number of carbonyl (C=O) groups is 1. The summed E-state index contributed by atoms with van der Waals surface area (Å²) in [5.41, 5.74) is 0.526. The molecule has 0 bridgehead atoms. The Morgan fingerprint density at radius 3 is 2.44 bits per heavy atom. The predicted octanol–water partition coefficient (Wildman–Crippen LogP) is 4.14. The third-order valence-corrected chi connectivity index (χ3v) is 3.94. The number of halogens is 1. The first kappa shape index (κ1) is 15.4. The van der Waals surface area contributed by atoms with E-state index in [-0.39, 0.29) is 17.4 Å². The highest BCUT2D eigenvalue weighted by Crippen LogP contribution is 2.26. The smallest absolute Gasteiger partial charge is 0.255 e. The average Bonchev–Trinajstić information content (AvgIpc) is 2.28. The lowest BCUT2D eigenvalue weighted by Gasteiger charge is -2.35. The molecule has 18 heavy (non-hydrogen) atoms. The van der Waals surface area contributed by atoms with Gasteiger partial charge in [-0.1, -0.05) is 32.4 Å². The van der Waals surface area contributed by atoms with Crippen LogP contribution in [0.2, 0.25) is 5.02 Å². The molecule has 1 rings (SSSR count). The second-order valence-electron chi connectivity index (χ2n) is 5.62. The first-order chi connectivity index (χ1) is 8.14. The van der Waals surface area contributed by atoms with Crippen LogP contribution in [0, 0.1) is 5.41 Å². The molecule has 0 saturated heterocycles. The van der Waals surface area contributed by atoms with Crippen molar-refractivity contribution in [2.24, 2.45) is 5.41 Å². The number of carbonyl (C=O) groups excluding carboxylic acids is 1. The van der Waals surface area contributed by atoms with Gasteiger partial charge in [-0.3, -0.25) is 4.79 Å². The minimum atomic E-state index is -0.0710. The van der Waals surface area contributed by atoms with Crippen LogP contribution in [0.4, 0.5) is 0 Å². The fourth-order valence-corrected chi connectivity index (χ4v) is 2.03. The van der Waals surface area contributed by atoms with E-state index in [1.807, 2.05) is 6.92 Å². The molecular formula is C14H20ClNOS. The maximum atomic E-state index is 12.4. The number of thiol groups is 1. The Kier molecular flexibility index (Phi) is 4.73. The predicted molar refractivity (Wildman–Crippen MR) is 79.7 cm³/mol. The fourth-order valence-electron chi connectivity index (χ4n) is 1.62. The monoisotopic (exact) mass is 285 g/mol. The summed E-state index contributed by atoms with van der Waals surface area (Å²) in [6, 6.07) is 5.30. The van der Waals surface area contributed by atoms with Crippen LogP contribution >= 0.6 is 24.2 Å². The summed E-state index contributed by atoms with van der Waals surface area (Å²) in [5.74, 6) is -0.0710. The molecule has 0 aliphatic rings. The van der Waals surface area contributed by atoms with Gasteiger partial charge in [0.1, 0.15) is 0 Å². The Balaban J connectivity index is 3.04. The molecule has 1 unspecified atom stereocenters. The molecular weight excluding hydrogens is 266 g/mol. The largest absolute Gasteiger partial charge is 0.338 e. The van der Waals surface area contributed by atoms with Crippen molar-refractivity contribution in [3.05, 3.63) is 28.8 Å². The topological polar surface area (TPSA) is 20.3 Å². The molecule has 1 atom stereocenters. The van der Waals surface area contributed by atoms with Crippen LogP contribution in [0.3, 0.4) is 0 Å². The van der Waals surface area contributed by atoms with E-state index >= 15 is 0 Å². The molecule has 0 aliphatic heterocycles. The summed E-state index contributed by atoms with van der Waals surface area (Å²) in [6.07, 6.45) is 0. The standard InChI is InChI=1S/C14H20ClNOS/c1-9(14(2,3)4)16(5)13(17)11-8-10(18)6-7-12(11)15/h6-9,18H,1-5H3. The van der Waals surface area contributed by atoms with Gasteiger partial charge >= 0.3 is 0 Å². The Morgan fingerprint density at radius 2 is 1.94 bits per heavy atom.